The van der Waals surface area contributed by atoms with Gasteiger partial charge in [0, 0.05) is 19.3 Å². The van der Waals surface area contributed by atoms with Crippen LogP contribution in [0.2, 0.25) is 0 Å². The fourth-order valence-electron chi connectivity index (χ4n) is 3.83. The van der Waals surface area contributed by atoms with E-state index in [1.54, 1.807) is 21.0 Å². The van der Waals surface area contributed by atoms with Crippen molar-refractivity contribution in [1.29, 1.82) is 0 Å². The largest absolute Gasteiger partial charge is 0.385 e. The monoisotopic (exact) mass is 634 g/mol. The molecule has 0 saturated carbocycles. The lowest BCUT2D eigenvalue weighted by atomic mass is 10.0. The van der Waals surface area contributed by atoms with Crippen LogP contribution >= 0.6 is 0 Å². The lowest BCUT2D eigenvalue weighted by Gasteiger charge is -2.30. The molecule has 0 fully saturated rings. The number of hydrogen-bond donors (Lipinski definition) is 5. The first kappa shape index (κ1) is 44.3. The Kier molecular flexibility index (Phi) is 22.8. The van der Waals surface area contributed by atoms with Gasteiger partial charge in [0.15, 0.2) is 0 Å². The van der Waals surface area contributed by atoms with Gasteiger partial charge >= 0.3 is 0 Å². The maximum atomic E-state index is 13.0. The number of methoxy groups -OCH3 is 1. The number of unbranched alkanes of at least 4 members (excludes halogenated alkanes) is 1. The van der Waals surface area contributed by atoms with Crippen LogP contribution in [0.4, 0.5) is 0 Å². The van der Waals surface area contributed by atoms with E-state index in [0.717, 1.165) is 25.8 Å². The molecule has 0 aliphatic carbocycles. The molecule has 0 aliphatic heterocycles. The second kappa shape index (κ2) is 22.6. The molecule has 44 heavy (non-hydrogen) atoms. The number of hydrogen-bond acceptors (Lipinski definition) is 9. The van der Waals surface area contributed by atoms with E-state index < -0.39 is 34.7 Å². The Morgan fingerprint density at radius 1 is 0.773 bits per heavy atom. The van der Waals surface area contributed by atoms with E-state index in [2.05, 4.69) is 21.3 Å². The van der Waals surface area contributed by atoms with Crippen LogP contribution in [0, 0.1) is 0 Å². The van der Waals surface area contributed by atoms with Gasteiger partial charge in [-0.1, -0.05) is 13.8 Å². The third-order valence-electron chi connectivity index (χ3n) is 6.62. The Morgan fingerprint density at radius 3 is 1.91 bits per heavy atom. The molecule has 0 aromatic carbocycles. The Balaban J connectivity index is 0. The van der Waals surface area contributed by atoms with Crippen molar-refractivity contribution in [2.75, 3.05) is 53.7 Å². The second-order valence-electron chi connectivity index (χ2n) is 13.2. The molecule has 12 nitrogen and oxygen atoms in total. The molecular weight excluding hydrogens is 566 g/mol. The zero-order valence-corrected chi connectivity index (χ0v) is 30.0. The van der Waals surface area contributed by atoms with Gasteiger partial charge in [-0.25, -0.2) is 0 Å². The summed E-state index contributed by atoms with van der Waals surface area (Å²) in [7, 11) is 3.52. The molecule has 0 bridgehead atoms. The Morgan fingerprint density at radius 2 is 1.34 bits per heavy atom. The number of amides is 3. The molecule has 0 aromatic rings. The average molecular weight is 634 g/mol. The molecular formula is C32H67N5O7. The molecule has 262 valence electrons. The van der Waals surface area contributed by atoms with Crippen molar-refractivity contribution >= 4 is 17.7 Å². The summed E-state index contributed by atoms with van der Waals surface area (Å²) >= 11 is 0. The van der Waals surface area contributed by atoms with Crippen molar-refractivity contribution in [2.45, 2.75) is 136 Å². The lowest BCUT2D eigenvalue weighted by molar-refractivity contribution is -0.137. The maximum Gasteiger partial charge on any atom is 0.246 e. The number of carbonyl (C=O) groups excluding carboxylic acids is 3. The van der Waals surface area contributed by atoms with Crippen LogP contribution < -0.4 is 27.0 Å². The number of ether oxygens (including phenoxy) is 4. The van der Waals surface area contributed by atoms with Crippen LogP contribution in [0.1, 0.15) is 108 Å². The fourth-order valence-corrected chi connectivity index (χ4v) is 3.83. The van der Waals surface area contributed by atoms with Gasteiger partial charge in [0.25, 0.3) is 0 Å². The lowest BCUT2D eigenvalue weighted by Crippen LogP contribution is -2.52. The van der Waals surface area contributed by atoms with Crippen molar-refractivity contribution in [3.8, 4) is 0 Å². The molecule has 0 saturated heterocycles. The second-order valence-corrected chi connectivity index (χ2v) is 13.2. The summed E-state index contributed by atoms with van der Waals surface area (Å²) in [5.41, 5.74) is 3.61. The zero-order chi connectivity index (χ0) is 34.5. The first-order valence-electron chi connectivity index (χ1n) is 16.0. The summed E-state index contributed by atoms with van der Waals surface area (Å²) in [5, 5.41) is 11.4. The highest BCUT2D eigenvalue weighted by Gasteiger charge is 2.27. The maximum absolute atomic E-state index is 13.0. The Bertz CT molecular complexity index is 798. The number of nitrogens with two attached hydrogens (primary N) is 1. The molecule has 1 atom stereocenters. The summed E-state index contributed by atoms with van der Waals surface area (Å²) in [6.45, 7) is 21.0. The minimum atomic E-state index is -0.785. The van der Waals surface area contributed by atoms with Crippen LogP contribution in [0.5, 0.6) is 0 Å². The van der Waals surface area contributed by atoms with E-state index in [1.165, 1.54) is 0 Å². The summed E-state index contributed by atoms with van der Waals surface area (Å²) in [6, 6.07) is -0.785. The summed E-state index contributed by atoms with van der Waals surface area (Å²) in [6.07, 6.45) is 3.91. The van der Waals surface area contributed by atoms with Crippen LogP contribution in [-0.4, -0.2) is 99.9 Å². The van der Waals surface area contributed by atoms with Crippen molar-refractivity contribution in [1.82, 2.24) is 21.3 Å². The van der Waals surface area contributed by atoms with Gasteiger partial charge in [-0.2, -0.15) is 0 Å². The Hall–Kier alpha value is -1.83. The van der Waals surface area contributed by atoms with Crippen molar-refractivity contribution in [3.63, 3.8) is 0 Å². The van der Waals surface area contributed by atoms with Gasteiger partial charge < -0.3 is 45.9 Å². The molecule has 0 aliphatic rings. The third-order valence-corrected chi connectivity index (χ3v) is 6.62. The normalized spacial score (nSPS) is 13.0. The van der Waals surface area contributed by atoms with E-state index in [4.69, 9.17) is 24.7 Å². The number of rotatable bonds is 24. The van der Waals surface area contributed by atoms with Gasteiger partial charge in [-0.3, -0.25) is 14.4 Å². The van der Waals surface area contributed by atoms with Crippen molar-refractivity contribution in [2.24, 2.45) is 5.73 Å². The van der Waals surface area contributed by atoms with Gasteiger partial charge in [-0.15, -0.1) is 0 Å². The SMILES string of the molecule is CC.CNCCCCC(NC(=O)COC(C)(C)CCOC(C)(C)CCOC)C(=O)NCC(=O)NC(C)(C)CCOC(C)(C)N. The predicted molar refractivity (Wildman–Crippen MR) is 176 cm³/mol. The highest BCUT2D eigenvalue weighted by atomic mass is 16.5. The molecule has 12 heteroatoms. The molecule has 6 N–H and O–H groups in total. The van der Waals surface area contributed by atoms with Crippen LogP contribution in [-0.2, 0) is 33.3 Å². The van der Waals surface area contributed by atoms with E-state index >= 15 is 0 Å². The average Bonchev–Trinajstić information content (AvgIpc) is 2.91. The quantitative estimate of drug-likeness (QED) is 0.0795. The summed E-state index contributed by atoms with van der Waals surface area (Å²) in [5.74, 6) is -1.15. The molecule has 0 spiro atoms. The van der Waals surface area contributed by atoms with Gasteiger partial charge in [0.1, 0.15) is 18.4 Å². The molecule has 0 radical (unpaired) electrons. The van der Waals surface area contributed by atoms with Crippen molar-refractivity contribution < 1.29 is 33.3 Å². The Labute approximate surface area is 268 Å². The first-order valence-corrected chi connectivity index (χ1v) is 16.0. The smallest absolute Gasteiger partial charge is 0.246 e. The third kappa shape index (κ3) is 25.5. The minimum absolute atomic E-state index is 0.198. The summed E-state index contributed by atoms with van der Waals surface area (Å²) in [4.78, 5) is 38.3. The zero-order valence-electron chi connectivity index (χ0n) is 30.0. The van der Waals surface area contributed by atoms with E-state index in [9.17, 15) is 14.4 Å². The van der Waals surface area contributed by atoms with Crippen molar-refractivity contribution in [3.05, 3.63) is 0 Å². The van der Waals surface area contributed by atoms with Gasteiger partial charge in [0.05, 0.1) is 31.0 Å². The van der Waals surface area contributed by atoms with E-state index in [0.29, 0.717) is 39.1 Å². The molecule has 0 heterocycles. The highest BCUT2D eigenvalue weighted by Crippen LogP contribution is 2.19. The van der Waals surface area contributed by atoms with Crippen LogP contribution in [0.25, 0.3) is 0 Å². The van der Waals surface area contributed by atoms with Gasteiger partial charge in [-0.05, 0) is 108 Å². The highest BCUT2D eigenvalue weighted by molar-refractivity contribution is 5.90. The summed E-state index contributed by atoms with van der Waals surface area (Å²) < 4.78 is 22.5. The van der Waals surface area contributed by atoms with E-state index in [-0.39, 0.29) is 24.7 Å². The fraction of sp³-hybridized carbons (Fsp3) is 0.906. The number of nitrogens with one attached hydrogen (secondary N) is 4. The number of carbonyl (C=O) groups is 3. The standard InChI is InChI=1S/C30H61N5O7.C2H6/c1-27(2,14-19-41-30(7,8)31)35-24(36)21-33-26(38)23(13-11-12-17-32-9)34-25(37)22-42-29(5,6)16-20-40-28(3,4)15-18-39-10;1-2/h23,32H,11-22,31H2,1-10H3,(H,33,38)(H,34,37)(H,35,36);1-2H3. The van der Waals surface area contributed by atoms with Crippen LogP contribution in [0.15, 0.2) is 0 Å². The molecule has 0 rings (SSSR count). The first-order chi connectivity index (χ1) is 20.3. The predicted octanol–water partition coefficient (Wildman–Crippen LogP) is 3.02. The topological polar surface area (TPSA) is 162 Å². The molecule has 0 aromatic heterocycles. The van der Waals surface area contributed by atoms with Crippen LogP contribution in [0.3, 0.4) is 0 Å². The van der Waals surface area contributed by atoms with Gasteiger partial charge in [0.2, 0.25) is 17.7 Å². The minimum Gasteiger partial charge on any atom is -0.385 e. The van der Waals surface area contributed by atoms with E-state index in [1.807, 2.05) is 62.4 Å². The molecule has 1 unspecified atom stereocenters. The molecule has 3 amide bonds.